The summed E-state index contributed by atoms with van der Waals surface area (Å²) in [5.41, 5.74) is 4.25. The van der Waals surface area contributed by atoms with Crippen LogP contribution in [-0.4, -0.2) is 37.0 Å². The number of nitrogens with one attached hydrogen (secondary N) is 1. The largest absolute Gasteiger partial charge is 0.339 e. The minimum Gasteiger partial charge on any atom is -0.339 e. The Kier molecular flexibility index (Phi) is 3.69. The third kappa shape index (κ3) is 2.56. The first-order chi connectivity index (χ1) is 10.8. The lowest BCUT2D eigenvalue weighted by molar-refractivity contribution is 0.0607. The van der Waals surface area contributed by atoms with Gasteiger partial charge < -0.3 is 10.2 Å². The van der Waals surface area contributed by atoms with Gasteiger partial charge in [-0.2, -0.15) is 0 Å². The zero-order valence-corrected chi connectivity index (χ0v) is 13.4. The minimum atomic E-state index is 0.245. The molecule has 1 spiro atoms. The number of rotatable bonds is 1. The third-order valence-electron chi connectivity index (χ3n) is 6.04. The van der Waals surface area contributed by atoms with Crippen molar-refractivity contribution in [3.8, 4) is 0 Å². The van der Waals surface area contributed by atoms with Gasteiger partial charge in [-0.25, -0.2) is 0 Å². The summed E-state index contributed by atoms with van der Waals surface area (Å²) in [7, 11) is 0. The summed E-state index contributed by atoms with van der Waals surface area (Å²) < 4.78 is 0. The number of hydrogen-bond acceptors (Lipinski definition) is 2. The number of aryl methyl sites for hydroxylation is 2. The molecule has 0 unspecified atom stereocenters. The fourth-order valence-corrected chi connectivity index (χ4v) is 4.46. The number of amides is 1. The molecule has 1 N–H and O–H groups in total. The van der Waals surface area contributed by atoms with Gasteiger partial charge >= 0.3 is 0 Å². The second kappa shape index (κ2) is 5.69. The van der Waals surface area contributed by atoms with E-state index in [1.807, 2.05) is 6.07 Å². The van der Waals surface area contributed by atoms with Crippen LogP contribution in [0.1, 0.15) is 53.6 Å². The monoisotopic (exact) mass is 298 g/mol. The molecule has 1 amide bonds. The molecule has 0 bridgehead atoms. The minimum absolute atomic E-state index is 0.245. The maximum atomic E-state index is 12.8. The van der Waals surface area contributed by atoms with Crippen molar-refractivity contribution in [1.29, 1.82) is 0 Å². The van der Waals surface area contributed by atoms with E-state index in [0.29, 0.717) is 5.41 Å². The maximum Gasteiger partial charge on any atom is 0.253 e. The molecule has 0 saturated carbocycles. The Morgan fingerprint density at radius 1 is 1.05 bits per heavy atom. The fraction of sp³-hybridized carbons (Fsp3) is 0.632. The van der Waals surface area contributed by atoms with Crippen molar-refractivity contribution in [3.05, 3.63) is 34.9 Å². The van der Waals surface area contributed by atoms with Crippen LogP contribution in [0.3, 0.4) is 0 Å². The smallest absolute Gasteiger partial charge is 0.253 e. The number of fused-ring (bicyclic) bond motifs is 1. The second-order valence-corrected chi connectivity index (χ2v) is 7.41. The Hall–Kier alpha value is -1.35. The molecule has 1 aromatic rings. The van der Waals surface area contributed by atoms with Crippen molar-refractivity contribution >= 4 is 5.91 Å². The molecule has 0 radical (unpaired) electrons. The van der Waals surface area contributed by atoms with Gasteiger partial charge in [-0.05, 0) is 80.2 Å². The Morgan fingerprint density at radius 2 is 1.82 bits per heavy atom. The summed E-state index contributed by atoms with van der Waals surface area (Å²) in [6.07, 6.45) is 8.50. The molecule has 2 aliphatic heterocycles. The molecule has 0 aromatic heterocycles. The molecule has 0 atom stereocenters. The zero-order chi connectivity index (χ0) is 15.0. The maximum absolute atomic E-state index is 12.8. The van der Waals surface area contributed by atoms with Gasteiger partial charge in [-0.1, -0.05) is 6.07 Å². The van der Waals surface area contributed by atoms with Crippen LogP contribution in [0.25, 0.3) is 0 Å². The highest BCUT2D eigenvalue weighted by atomic mass is 16.2. The van der Waals surface area contributed by atoms with E-state index in [1.54, 1.807) is 0 Å². The molecule has 1 aliphatic carbocycles. The summed E-state index contributed by atoms with van der Waals surface area (Å²) in [5, 5.41) is 3.49. The lowest BCUT2D eigenvalue weighted by atomic mass is 9.77. The molecule has 118 valence electrons. The molecule has 1 aromatic carbocycles. The molecule has 2 fully saturated rings. The van der Waals surface area contributed by atoms with Gasteiger partial charge in [0.1, 0.15) is 0 Å². The van der Waals surface area contributed by atoms with E-state index in [1.165, 1.54) is 36.8 Å². The standard InChI is InChI=1S/C19H26N2O/c22-18(17-6-5-15-3-1-2-4-16(15)13-17)21-11-8-19(9-12-21)7-10-20-14-19/h5-6,13,20H,1-4,7-12,14H2. The highest BCUT2D eigenvalue weighted by molar-refractivity contribution is 5.94. The van der Waals surface area contributed by atoms with Crippen LogP contribution in [0, 0.1) is 5.41 Å². The molecular formula is C19H26N2O. The van der Waals surface area contributed by atoms with E-state index in [0.717, 1.165) is 51.0 Å². The Morgan fingerprint density at radius 3 is 2.55 bits per heavy atom. The molecule has 3 heteroatoms. The number of carbonyl (C=O) groups is 1. The second-order valence-electron chi connectivity index (χ2n) is 7.41. The normalized spacial score (nSPS) is 23.5. The fourth-order valence-electron chi connectivity index (χ4n) is 4.46. The lowest BCUT2D eigenvalue weighted by Gasteiger charge is -2.39. The van der Waals surface area contributed by atoms with Crippen LogP contribution in [0.2, 0.25) is 0 Å². The number of carbonyl (C=O) groups excluding carboxylic acids is 1. The van der Waals surface area contributed by atoms with Crippen LogP contribution in [-0.2, 0) is 12.8 Å². The molecule has 2 heterocycles. The van der Waals surface area contributed by atoms with E-state index < -0.39 is 0 Å². The average molecular weight is 298 g/mol. The van der Waals surface area contributed by atoms with Crippen molar-refractivity contribution < 1.29 is 4.79 Å². The van der Waals surface area contributed by atoms with Crippen LogP contribution in [0.15, 0.2) is 18.2 Å². The molecule has 3 nitrogen and oxygen atoms in total. The Balaban J connectivity index is 1.46. The van der Waals surface area contributed by atoms with Gasteiger partial charge in [0, 0.05) is 25.2 Å². The van der Waals surface area contributed by atoms with Crippen LogP contribution >= 0.6 is 0 Å². The number of benzene rings is 1. The van der Waals surface area contributed by atoms with Crippen molar-refractivity contribution in [2.24, 2.45) is 5.41 Å². The number of likely N-dealkylation sites (tertiary alicyclic amines) is 1. The average Bonchev–Trinajstić information content (AvgIpc) is 3.02. The zero-order valence-electron chi connectivity index (χ0n) is 13.4. The predicted molar refractivity (Wildman–Crippen MR) is 88.1 cm³/mol. The van der Waals surface area contributed by atoms with E-state index in [-0.39, 0.29) is 5.91 Å². The molecule has 3 aliphatic rings. The Bertz CT molecular complexity index is 565. The van der Waals surface area contributed by atoms with E-state index in [2.05, 4.69) is 22.3 Å². The predicted octanol–water partition coefficient (Wildman–Crippen LogP) is 2.78. The lowest BCUT2D eigenvalue weighted by Crippen LogP contribution is -2.44. The summed E-state index contributed by atoms with van der Waals surface area (Å²) >= 11 is 0. The highest BCUT2D eigenvalue weighted by Gasteiger charge is 2.38. The van der Waals surface area contributed by atoms with Gasteiger partial charge in [-0.3, -0.25) is 4.79 Å². The van der Waals surface area contributed by atoms with Gasteiger partial charge in [0.2, 0.25) is 0 Å². The van der Waals surface area contributed by atoms with E-state index in [4.69, 9.17) is 0 Å². The van der Waals surface area contributed by atoms with Crippen LogP contribution < -0.4 is 5.32 Å². The van der Waals surface area contributed by atoms with Gasteiger partial charge in [0.25, 0.3) is 5.91 Å². The summed E-state index contributed by atoms with van der Waals surface area (Å²) in [6, 6.07) is 6.40. The molecule has 4 rings (SSSR count). The van der Waals surface area contributed by atoms with Crippen molar-refractivity contribution in [2.45, 2.75) is 44.9 Å². The summed E-state index contributed by atoms with van der Waals surface area (Å²) in [5.74, 6) is 0.245. The van der Waals surface area contributed by atoms with Crippen LogP contribution in [0.4, 0.5) is 0 Å². The first-order valence-corrected chi connectivity index (χ1v) is 8.88. The van der Waals surface area contributed by atoms with Gasteiger partial charge in [0.05, 0.1) is 0 Å². The summed E-state index contributed by atoms with van der Waals surface area (Å²) in [4.78, 5) is 14.9. The number of piperidine rings is 1. The third-order valence-corrected chi connectivity index (χ3v) is 6.04. The van der Waals surface area contributed by atoms with E-state index in [9.17, 15) is 4.79 Å². The first kappa shape index (κ1) is 14.3. The number of hydrogen-bond donors (Lipinski definition) is 1. The number of nitrogens with zero attached hydrogens (tertiary/aromatic N) is 1. The molecular weight excluding hydrogens is 272 g/mol. The summed E-state index contributed by atoms with van der Waals surface area (Å²) in [6.45, 7) is 4.15. The molecule has 2 saturated heterocycles. The van der Waals surface area contributed by atoms with Crippen molar-refractivity contribution in [3.63, 3.8) is 0 Å². The van der Waals surface area contributed by atoms with Crippen LogP contribution in [0.5, 0.6) is 0 Å². The van der Waals surface area contributed by atoms with Crippen molar-refractivity contribution in [2.75, 3.05) is 26.2 Å². The SMILES string of the molecule is O=C(c1ccc2c(c1)CCCC2)N1CCC2(CCNC2)CC1. The quantitative estimate of drug-likeness (QED) is 0.864. The van der Waals surface area contributed by atoms with Gasteiger partial charge in [-0.15, -0.1) is 0 Å². The molecule has 22 heavy (non-hydrogen) atoms. The Labute approximate surface area is 133 Å². The topological polar surface area (TPSA) is 32.3 Å². The first-order valence-electron chi connectivity index (χ1n) is 8.88. The van der Waals surface area contributed by atoms with Crippen molar-refractivity contribution in [1.82, 2.24) is 10.2 Å². The van der Waals surface area contributed by atoms with Gasteiger partial charge in [0.15, 0.2) is 0 Å². The van der Waals surface area contributed by atoms with E-state index >= 15 is 0 Å². The highest BCUT2D eigenvalue weighted by Crippen LogP contribution is 2.37.